The molecule has 3 rings (SSSR count). The molecule has 2 aromatic rings. The SMILES string of the molecule is Cc1cccnc1CN1CCN(C(=O)CCSCc2ccccc2)CC1. The van der Waals surface area contributed by atoms with E-state index in [1.165, 1.54) is 11.1 Å². The number of carbonyl (C=O) groups excluding carboxylic acids is 1. The van der Waals surface area contributed by atoms with E-state index in [-0.39, 0.29) is 0 Å². The van der Waals surface area contributed by atoms with Gasteiger partial charge in [-0.25, -0.2) is 0 Å². The zero-order valence-electron chi connectivity index (χ0n) is 15.4. The second-order valence-corrected chi connectivity index (χ2v) is 7.82. The van der Waals surface area contributed by atoms with Gasteiger partial charge in [0.25, 0.3) is 0 Å². The first-order valence-electron chi connectivity index (χ1n) is 9.24. The summed E-state index contributed by atoms with van der Waals surface area (Å²) in [4.78, 5) is 21.3. The van der Waals surface area contributed by atoms with Crippen LogP contribution in [-0.4, -0.2) is 52.6 Å². The van der Waals surface area contributed by atoms with Gasteiger partial charge in [0.05, 0.1) is 5.69 Å². The smallest absolute Gasteiger partial charge is 0.223 e. The maximum Gasteiger partial charge on any atom is 0.223 e. The van der Waals surface area contributed by atoms with E-state index in [0.29, 0.717) is 12.3 Å². The van der Waals surface area contributed by atoms with E-state index in [0.717, 1.165) is 49.9 Å². The van der Waals surface area contributed by atoms with Crippen molar-refractivity contribution < 1.29 is 4.79 Å². The van der Waals surface area contributed by atoms with Crippen LogP contribution in [-0.2, 0) is 17.1 Å². The van der Waals surface area contributed by atoms with Gasteiger partial charge in [-0.3, -0.25) is 14.7 Å². The fourth-order valence-corrected chi connectivity index (χ4v) is 4.02. The summed E-state index contributed by atoms with van der Waals surface area (Å²) < 4.78 is 0. The lowest BCUT2D eigenvalue weighted by Crippen LogP contribution is -2.48. The summed E-state index contributed by atoms with van der Waals surface area (Å²) in [5.74, 6) is 2.16. The quantitative estimate of drug-likeness (QED) is 0.701. The normalized spacial score (nSPS) is 15.2. The minimum Gasteiger partial charge on any atom is -0.340 e. The van der Waals surface area contributed by atoms with Gasteiger partial charge in [0.15, 0.2) is 0 Å². The molecule has 1 aromatic carbocycles. The van der Waals surface area contributed by atoms with Crippen molar-refractivity contribution in [3.63, 3.8) is 0 Å². The molecule has 138 valence electrons. The molecular weight excluding hydrogens is 342 g/mol. The van der Waals surface area contributed by atoms with Crippen molar-refractivity contribution in [3.05, 3.63) is 65.5 Å². The van der Waals surface area contributed by atoms with Crippen LogP contribution in [0.3, 0.4) is 0 Å². The maximum absolute atomic E-state index is 12.4. The third-order valence-corrected chi connectivity index (χ3v) is 5.82. The highest BCUT2D eigenvalue weighted by Crippen LogP contribution is 2.15. The first kappa shape index (κ1) is 18.9. The van der Waals surface area contributed by atoms with Gasteiger partial charge in [0, 0.05) is 56.8 Å². The van der Waals surface area contributed by atoms with Crippen LogP contribution in [0.1, 0.15) is 23.2 Å². The van der Waals surface area contributed by atoms with E-state index in [4.69, 9.17) is 0 Å². The minimum absolute atomic E-state index is 0.291. The first-order valence-corrected chi connectivity index (χ1v) is 10.4. The number of pyridine rings is 1. The highest BCUT2D eigenvalue weighted by molar-refractivity contribution is 7.98. The van der Waals surface area contributed by atoms with Gasteiger partial charge in [-0.05, 0) is 24.1 Å². The summed E-state index contributed by atoms with van der Waals surface area (Å²) in [6.07, 6.45) is 2.49. The van der Waals surface area contributed by atoms with Crippen molar-refractivity contribution in [1.29, 1.82) is 0 Å². The maximum atomic E-state index is 12.4. The molecule has 0 saturated carbocycles. The highest BCUT2D eigenvalue weighted by Gasteiger charge is 2.21. The van der Waals surface area contributed by atoms with Gasteiger partial charge in [-0.1, -0.05) is 36.4 Å². The molecule has 1 amide bonds. The molecule has 1 fully saturated rings. The molecule has 0 aliphatic carbocycles. The number of carbonyl (C=O) groups is 1. The molecule has 1 aliphatic heterocycles. The van der Waals surface area contributed by atoms with Crippen LogP contribution < -0.4 is 0 Å². The number of hydrogen-bond acceptors (Lipinski definition) is 4. The third-order valence-electron chi connectivity index (χ3n) is 4.79. The van der Waals surface area contributed by atoms with E-state index in [1.54, 1.807) is 0 Å². The third kappa shape index (κ3) is 5.58. The van der Waals surface area contributed by atoms with Crippen LogP contribution in [0.15, 0.2) is 48.7 Å². The van der Waals surface area contributed by atoms with Crippen molar-refractivity contribution >= 4 is 17.7 Å². The average Bonchev–Trinajstić information content (AvgIpc) is 2.68. The molecule has 1 saturated heterocycles. The van der Waals surface area contributed by atoms with E-state index in [2.05, 4.69) is 47.1 Å². The zero-order valence-corrected chi connectivity index (χ0v) is 16.3. The Morgan fingerprint density at radius 3 is 2.58 bits per heavy atom. The van der Waals surface area contributed by atoms with Gasteiger partial charge in [-0.15, -0.1) is 0 Å². The fraction of sp³-hybridized carbons (Fsp3) is 0.429. The topological polar surface area (TPSA) is 36.4 Å². The van der Waals surface area contributed by atoms with Gasteiger partial charge < -0.3 is 4.90 Å². The summed E-state index contributed by atoms with van der Waals surface area (Å²) in [5.41, 5.74) is 3.70. The Bertz CT molecular complexity index is 699. The van der Waals surface area contributed by atoms with Crippen molar-refractivity contribution in [1.82, 2.24) is 14.8 Å². The number of benzene rings is 1. The molecule has 0 unspecified atom stereocenters. The number of aromatic nitrogens is 1. The molecule has 2 heterocycles. The van der Waals surface area contributed by atoms with Crippen LogP contribution in [0.4, 0.5) is 0 Å². The van der Waals surface area contributed by atoms with E-state index >= 15 is 0 Å². The van der Waals surface area contributed by atoms with Crippen LogP contribution in [0.5, 0.6) is 0 Å². The summed E-state index contributed by atoms with van der Waals surface area (Å²) in [6.45, 7) is 6.50. The molecular formula is C21H27N3OS. The Morgan fingerprint density at radius 2 is 1.85 bits per heavy atom. The molecule has 0 radical (unpaired) electrons. The van der Waals surface area contributed by atoms with Crippen LogP contribution in [0.2, 0.25) is 0 Å². The van der Waals surface area contributed by atoms with Gasteiger partial charge in [-0.2, -0.15) is 11.8 Å². The molecule has 26 heavy (non-hydrogen) atoms. The second-order valence-electron chi connectivity index (χ2n) is 6.71. The Hall–Kier alpha value is -1.85. The van der Waals surface area contributed by atoms with E-state index in [9.17, 15) is 4.79 Å². The molecule has 1 aromatic heterocycles. The lowest BCUT2D eigenvalue weighted by molar-refractivity contribution is -0.132. The number of rotatable bonds is 7. The lowest BCUT2D eigenvalue weighted by atomic mass is 10.2. The molecule has 0 N–H and O–H groups in total. The number of amides is 1. The molecule has 5 heteroatoms. The van der Waals surface area contributed by atoms with Gasteiger partial charge >= 0.3 is 0 Å². The fourth-order valence-electron chi connectivity index (χ4n) is 3.13. The Morgan fingerprint density at radius 1 is 1.08 bits per heavy atom. The Balaban J connectivity index is 1.35. The predicted molar refractivity (Wildman–Crippen MR) is 108 cm³/mol. The molecule has 4 nitrogen and oxygen atoms in total. The van der Waals surface area contributed by atoms with Crippen molar-refractivity contribution in [3.8, 4) is 0 Å². The average molecular weight is 370 g/mol. The van der Waals surface area contributed by atoms with Crippen molar-refractivity contribution in [2.45, 2.75) is 25.6 Å². The largest absolute Gasteiger partial charge is 0.340 e. The van der Waals surface area contributed by atoms with Gasteiger partial charge in [0.2, 0.25) is 5.91 Å². The Kier molecular flexibility index (Phi) is 7.09. The molecule has 0 spiro atoms. The van der Waals surface area contributed by atoms with Crippen molar-refractivity contribution in [2.75, 3.05) is 31.9 Å². The monoisotopic (exact) mass is 369 g/mol. The Labute approximate surface area is 160 Å². The predicted octanol–water partition coefficient (Wildman–Crippen LogP) is 3.36. The first-order chi connectivity index (χ1) is 12.7. The lowest BCUT2D eigenvalue weighted by Gasteiger charge is -2.34. The van der Waals surface area contributed by atoms with Crippen LogP contribution in [0.25, 0.3) is 0 Å². The molecule has 0 atom stereocenters. The van der Waals surface area contributed by atoms with E-state index < -0.39 is 0 Å². The summed E-state index contributed by atoms with van der Waals surface area (Å²) in [5, 5.41) is 0. The number of nitrogens with zero attached hydrogens (tertiary/aromatic N) is 3. The highest BCUT2D eigenvalue weighted by atomic mass is 32.2. The van der Waals surface area contributed by atoms with Crippen LogP contribution in [0, 0.1) is 6.92 Å². The van der Waals surface area contributed by atoms with E-state index in [1.807, 2.05) is 35.0 Å². The second kappa shape index (κ2) is 9.74. The number of aryl methyl sites for hydroxylation is 1. The summed E-state index contributed by atoms with van der Waals surface area (Å²) in [7, 11) is 0. The number of hydrogen-bond donors (Lipinski definition) is 0. The van der Waals surface area contributed by atoms with Gasteiger partial charge in [0.1, 0.15) is 0 Å². The standard InChI is InChI=1S/C21H27N3OS/c1-18-6-5-10-22-20(18)16-23-11-13-24(14-12-23)21(25)9-15-26-17-19-7-3-2-4-8-19/h2-8,10H,9,11-17H2,1H3. The zero-order chi connectivity index (χ0) is 18.2. The summed E-state index contributed by atoms with van der Waals surface area (Å²) in [6, 6.07) is 14.5. The number of piperazine rings is 1. The van der Waals surface area contributed by atoms with Crippen molar-refractivity contribution in [2.24, 2.45) is 0 Å². The van der Waals surface area contributed by atoms with Crippen LogP contribution >= 0.6 is 11.8 Å². The molecule has 0 bridgehead atoms. The summed E-state index contributed by atoms with van der Waals surface area (Å²) >= 11 is 1.84. The molecule has 1 aliphatic rings. The minimum atomic E-state index is 0.291. The number of thioether (sulfide) groups is 1.